The number of aliphatic carboxylic acids is 1. The van der Waals surface area contributed by atoms with Crippen molar-refractivity contribution >= 4 is 41.2 Å². The maximum Gasteiger partial charge on any atom is 0.303 e. The summed E-state index contributed by atoms with van der Waals surface area (Å²) in [6.07, 6.45) is 23.8. The van der Waals surface area contributed by atoms with Gasteiger partial charge in [-0.05, 0) is 45.4 Å². The van der Waals surface area contributed by atoms with E-state index in [1.807, 2.05) is 0 Å². The third kappa shape index (κ3) is 43.0. The minimum absolute atomic E-state index is 0.0348. The smallest absolute Gasteiger partial charge is 0.303 e. The zero-order chi connectivity index (χ0) is 51.8. The van der Waals surface area contributed by atoms with Crippen molar-refractivity contribution < 1.29 is 62.4 Å². The molecule has 1 aromatic heterocycles. The summed E-state index contributed by atoms with van der Waals surface area (Å²) in [6, 6.07) is -0.950. The van der Waals surface area contributed by atoms with E-state index in [2.05, 4.69) is 31.2 Å². The van der Waals surface area contributed by atoms with E-state index in [0.717, 1.165) is 38.5 Å². The minimum atomic E-state index is -0.950. The third-order valence-electron chi connectivity index (χ3n) is 11.6. The fourth-order valence-corrected chi connectivity index (χ4v) is 7.42. The second-order valence-electron chi connectivity index (χ2n) is 18.0. The molecule has 0 spiro atoms. The number of hydrogen-bond acceptors (Lipinski definition) is 13. The van der Waals surface area contributed by atoms with Gasteiger partial charge >= 0.3 is 5.97 Å². The number of aromatic nitrogens is 2. The lowest BCUT2D eigenvalue weighted by atomic mass is 9.90. The summed E-state index contributed by atoms with van der Waals surface area (Å²) >= 11 is 0. The number of carboxylic acid groups (broad SMARTS) is 1. The van der Waals surface area contributed by atoms with Crippen LogP contribution in [0, 0.1) is 5.92 Å². The van der Waals surface area contributed by atoms with E-state index in [4.69, 9.17) is 34.5 Å². The lowest BCUT2D eigenvalue weighted by molar-refractivity contribution is -0.137. The maximum atomic E-state index is 12.5. The average Bonchev–Trinajstić information content (AvgIpc) is 3.86. The monoisotopic (exact) mass is 1010 g/mol. The third-order valence-corrected chi connectivity index (χ3v) is 11.6. The molecule has 0 saturated carbocycles. The van der Waals surface area contributed by atoms with Gasteiger partial charge in [-0.3, -0.25) is 33.6 Å². The number of H-pyrrole nitrogens is 1. The minimum Gasteiger partial charge on any atom is -0.481 e. The van der Waals surface area contributed by atoms with E-state index in [9.17, 15) is 33.6 Å². The highest BCUT2D eigenvalue weighted by atomic mass is 16.5. The van der Waals surface area contributed by atoms with E-state index in [-0.39, 0.29) is 87.5 Å². The van der Waals surface area contributed by atoms with E-state index in [1.54, 1.807) is 6.20 Å². The number of nitrogens with one attached hydrogen (secondary N) is 6. The molecule has 1 heterocycles. The van der Waals surface area contributed by atoms with E-state index in [0.29, 0.717) is 110 Å². The topological polar surface area (TPSA) is 286 Å². The van der Waals surface area contributed by atoms with Crippen molar-refractivity contribution in [2.75, 3.05) is 92.2 Å². The Kier molecular flexibility index (Phi) is 42.6. The Labute approximate surface area is 422 Å². The van der Waals surface area contributed by atoms with Gasteiger partial charge < -0.3 is 55.0 Å². The number of rotatable bonds is 52. The van der Waals surface area contributed by atoms with E-state index < -0.39 is 17.9 Å². The van der Waals surface area contributed by atoms with Crippen molar-refractivity contribution in [2.24, 2.45) is 5.92 Å². The summed E-state index contributed by atoms with van der Waals surface area (Å²) in [6.45, 7) is 5.40. The molecular formula is C51H90N7O13. The first kappa shape index (κ1) is 64.7. The van der Waals surface area contributed by atoms with E-state index >= 15 is 0 Å². The Morgan fingerprint density at radius 1 is 0.535 bits per heavy atom. The highest BCUT2D eigenvalue weighted by molar-refractivity contribution is 5.89. The number of ketones is 2. The molecule has 4 amide bonds. The maximum absolute atomic E-state index is 12.5. The van der Waals surface area contributed by atoms with Crippen LogP contribution in [0.4, 0.5) is 0 Å². The molecule has 0 aliphatic rings. The fraction of sp³-hybridized carbons (Fsp3) is 0.804. The van der Waals surface area contributed by atoms with Crippen LogP contribution >= 0.6 is 0 Å². The number of unbranched alkanes of at least 4 members (excludes halogenated alkanes) is 15. The highest BCUT2D eigenvalue weighted by Crippen LogP contribution is 2.17. The molecule has 7 N–H and O–H groups in total. The molecular weight excluding hydrogens is 919 g/mol. The van der Waals surface area contributed by atoms with Gasteiger partial charge in [0.05, 0.1) is 58.6 Å². The van der Waals surface area contributed by atoms with Crippen LogP contribution in [-0.4, -0.2) is 155 Å². The normalized spacial score (nSPS) is 12.0. The molecule has 71 heavy (non-hydrogen) atoms. The lowest BCUT2D eigenvalue weighted by Crippen LogP contribution is -2.31. The standard InChI is InChI=1S/C51H90N7O13/c1-42(59)43(36-46(60)45(52)37-44-38-53-41-58-44)20-16-18-24-54-49(63)39-70-34-32-69-31-26-56-48(62)22-17-19-28-67-29-27-57-50(64)40-71-35-33-68-30-25-55-47(61)21-14-12-10-8-6-4-2-3-5-7-9-11-13-15-23-51(65)66/h38,41,43,45,52H,2-37,39-40H2,1H3,(H,53,58)(H,54,63)(H,55,61)(H,56,62)(H,57,64)(H,65,66)/t43-,45+/m1/s1. The van der Waals surface area contributed by atoms with Gasteiger partial charge in [-0.15, -0.1) is 0 Å². The van der Waals surface area contributed by atoms with Crippen molar-refractivity contribution in [1.82, 2.24) is 37.0 Å². The largest absolute Gasteiger partial charge is 0.481 e. The van der Waals surface area contributed by atoms with Gasteiger partial charge in [-0.25, -0.2) is 10.7 Å². The summed E-state index contributed by atoms with van der Waals surface area (Å²) in [7, 11) is 0. The van der Waals surface area contributed by atoms with Crippen molar-refractivity contribution in [2.45, 2.75) is 167 Å². The van der Waals surface area contributed by atoms with Crippen LogP contribution in [0.1, 0.15) is 160 Å². The van der Waals surface area contributed by atoms with Crippen molar-refractivity contribution in [1.29, 1.82) is 0 Å². The summed E-state index contributed by atoms with van der Waals surface area (Å²) in [5.74, 6) is -2.05. The van der Waals surface area contributed by atoms with Crippen LogP contribution in [0.2, 0.25) is 0 Å². The number of hydrogen-bond donors (Lipinski definition) is 6. The summed E-state index contributed by atoms with van der Waals surface area (Å²) in [5, 5.41) is 19.8. The molecule has 0 aromatic carbocycles. The number of Topliss-reactive ketones (excluding diaryl/α,β-unsaturated/α-hetero) is 2. The molecule has 2 atom stereocenters. The van der Waals surface area contributed by atoms with Crippen LogP contribution in [-0.2, 0) is 63.7 Å². The summed E-state index contributed by atoms with van der Waals surface area (Å²) in [4.78, 5) is 90.0. The van der Waals surface area contributed by atoms with Gasteiger partial charge in [0.1, 0.15) is 19.0 Å². The summed E-state index contributed by atoms with van der Waals surface area (Å²) < 4.78 is 27.2. The van der Waals surface area contributed by atoms with E-state index in [1.165, 1.54) is 64.6 Å². The molecule has 0 aliphatic carbocycles. The molecule has 407 valence electrons. The summed E-state index contributed by atoms with van der Waals surface area (Å²) in [5.41, 5.74) is 8.81. The first-order chi connectivity index (χ1) is 34.5. The van der Waals surface area contributed by atoms with Crippen molar-refractivity contribution in [3.63, 3.8) is 0 Å². The van der Waals surface area contributed by atoms with Gasteiger partial charge in [-0.2, -0.15) is 0 Å². The highest BCUT2D eigenvalue weighted by Gasteiger charge is 2.23. The molecule has 0 bridgehead atoms. The van der Waals surface area contributed by atoms with Crippen LogP contribution < -0.4 is 27.0 Å². The average molecular weight is 1010 g/mol. The van der Waals surface area contributed by atoms with Crippen LogP contribution in [0.15, 0.2) is 12.5 Å². The quantitative estimate of drug-likeness (QED) is 0.0470. The van der Waals surface area contributed by atoms with Crippen LogP contribution in [0.5, 0.6) is 0 Å². The number of carboxylic acids is 1. The molecule has 0 saturated heterocycles. The molecule has 0 aliphatic heterocycles. The van der Waals surface area contributed by atoms with Crippen molar-refractivity contribution in [3.8, 4) is 0 Å². The number of imidazole rings is 1. The number of carbonyl (C=O) groups excluding carboxylic acids is 6. The first-order valence-electron chi connectivity index (χ1n) is 26.4. The van der Waals surface area contributed by atoms with Gasteiger partial charge in [0.25, 0.3) is 0 Å². The zero-order valence-electron chi connectivity index (χ0n) is 43.0. The van der Waals surface area contributed by atoms with Gasteiger partial charge in [0.2, 0.25) is 23.6 Å². The predicted octanol–water partition coefficient (Wildman–Crippen LogP) is 4.98. The Morgan fingerprint density at radius 2 is 0.972 bits per heavy atom. The molecule has 1 rings (SSSR count). The number of carbonyl (C=O) groups is 7. The molecule has 1 radical (unpaired) electrons. The Hall–Kier alpha value is -4.34. The number of aromatic amines is 1. The SMILES string of the molecule is CC(=O)[C@H](CCCCNC(=O)COCCOCCNC(=O)CCCCOCCNC(=O)COCCOCCNC(=O)CCCCCCCCCCCCCCCCC(=O)O)CC(=O)[C@@H]([NH])Cc1cnc[nH]1. The molecule has 1 aromatic rings. The van der Waals surface area contributed by atoms with Crippen molar-refractivity contribution in [3.05, 3.63) is 18.2 Å². The molecule has 20 heteroatoms. The zero-order valence-corrected chi connectivity index (χ0v) is 43.0. The van der Waals surface area contributed by atoms with Gasteiger partial charge in [0.15, 0.2) is 5.78 Å². The van der Waals surface area contributed by atoms with Crippen LogP contribution in [0.3, 0.4) is 0 Å². The lowest BCUT2D eigenvalue weighted by Gasteiger charge is -2.15. The molecule has 20 nitrogen and oxygen atoms in total. The molecule has 0 fully saturated rings. The Morgan fingerprint density at radius 3 is 1.45 bits per heavy atom. The fourth-order valence-electron chi connectivity index (χ4n) is 7.42. The number of amides is 4. The Bertz CT molecular complexity index is 1540. The van der Waals surface area contributed by atoms with Gasteiger partial charge in [0, 0.05) is 82.7 Å². The second kappa shape index (κ2) is 46.7. The second-order valence-corrected chi connectivity index (χ2v) is 18.0. The first-order valence-corrected chi connectivity index (χ1v) is 26.4. The molecule has 0 unspecified atom stereocenters. The number of ether oxygens (including phenoxy) is 5. The van der Waals surface area contributed by atoms with Crippen LogP contribution in [0.25, 0.3) is 0 Å². The Balaban J connectivity index is 1.80. The predicted molar refractivity (Wildman–Crippen MR) is 268 cm³/mol. The number of nitrogens with zero attached hydrogens (tertiary/aromatic N) is 1. The van der Waals surface area contributed by atoms with Gasteiger partial charge in [-0.1, -0.05) is 83.5 Å².